The largest absolute Gasteiger partial charge is 0.348 e. The first-order valence-electron chi connectivity index (χ1n) is 8.47. The van der Waals surface area contributed by atoms with Crippen molar-refractivity contribution in [2.45, 2.75) is 38.3 Å². The smallest absolute Gasteiger partial charge is 0.255 e. The van der Waals surface area contributed by atoms with Crippen molar-refractivity contribution in [3.63, 3.8) is 0 Å². The van der Waals surface area contributed by atoms with E-state index < -0.39 is 0 Å². The third-order valence-electron chi connectivity index (χ3n) is 4.94. The van der Waals surface area contributed by atoms with Crippen LogP contribution in [-0.2, 0) is 0 Å². The Morgan fingerprint density at radius 3 is 2.71 bits per heavy atom. The molecule has 1 aromatic heterocycles. The van der Waals surface area contributed by atoms with E-state index in [0.29, 0.717) is 5.56 Å². The Balaban J connectivity index is 1.46. The van der Waals surface area contributed by atoms with E-state index in [1.165, 1.54) is 12.8 Å². The molecule has 2 heterocycles. The summed E-state index contributed by atoms with van der Waals surface area (Å²) >= 11 is 3.44. The van der Waals surface area contributed by atoms with E-state index in [9.17, 15) is 4.79 Å². The number of benzene rings is 1. The molecule has 126 valence electrons. The summed E-state index contributed by atoms with van der Waals surface area (Å²) in [5.41, 5.74) is 2.48. The lowest BCUT2D eigenvalue weighted by atomic mass is 10.2. The predicted molar refractivity (Wildman–Crippen MR) is 96.5 cm³/mol. The summed E-state index contributed by atoms with van der Waals surface area (Å²) in [6.45, 7) is 4.03. The number of nitrogens with one attached hydrogen (secondary N) is 1. The zero-order chi connectivity index (χ0) is 16.7. The minimum Gasteiger partial charge on any atom is -0.348 e. The molecule has 2 aliphatic rings. The molecule has 1 unspecified atom stereocenters. The first-order chi connectivity index (χ1) is 11.6. The first-order valence-corrected chi connectivity index (χ1v) is 9.26. The highest BCUT2D eigenvalue weighted by Crippen LogP contribution is 2.29. The van der Waals surface area contributed by atoms with Crippen LogP contribution in [0.5, 0.6) is 0 Å². The predicted octanol–water partition coefficient (Wildman–Crippen LogP) is 2.91. The number of carbonyl (C=O) groups is 1. The minimum absolute atomic E-state index is 0.0153. The standard InChI is InChI=1S/C18H21BrN4O/c1-12-17(10-20-23(12)16-4-2-13(19)3-5-16)18(24)21-14-8-9-22(11-14)15-6-7-15/h2-5,10,14-15H,6-9,11H2,1H3,(H,21,24). The van der Waals surface area contributed by atoms with E-state index in [1.807, 2.05) is 35.9 Å². The number of hydrogen-bond donors (Lipinski definition) is 1. The van der Waals surface area contributed by atoms with Crippen molar-refractivity contribution < 1.29 is 4.79 Å². The van der Waals surface area contributed by atoms with Gasteiger partial charge >= 0.3 is 0 Å². The van der Waals surface area contributed by atoms with Crippen LogP contribution in [0.25, 0.3) is 5.69 Å². The maximum atomic E-state index is 12.6. The Morgan fingerprint density at radius 1 is 1.25 bits per heavy atom. The van der Waals surface area contributed by atoms with Gasteiger partial charge in [-0.25, -0.2) is 4.68 Å². The Hall–Kier alpha value is -1.66. The van der Waals surface area contributed by atoms with E-state index in [0.717, 1.165) is 41.4 Å². The number of amides is 1. The fourth-order valence-corrected chi connectivity index (χ4v) is 3.68. The van der Waals surface area contributed by atoms with Gasteiger partial charge in [0.25, 0.3) is 5.91 Å². The molecule has 1 aliphatic carbocycles. The molecule has 1 amide bonds. The molecule has 1 saturated carbocycles. The van der Waals surface area contributed by atoms with Crippen molar-refractivity contribution >= 4 is 21.8 Å². The number of carbonyl (C=O) groups excluding carboxylic acids is 1. The number of nitrogens with zero attached hydrogens (tertiary/aromatic N) is 3. The summed E-state index contributed by atoms with van der Waals surface area (Å²) < 4.78 is 2.84. The average Bonchev–Trinajstić information content (AvgIpc) is 3.20. The van der Waals surface area contributed by atoms with Gasteiger partial charge in [0.05, 0.1) is 23.1 Å². The lowest BCUT2D eigenvalue weighted by molar-refractivity contribution is 0.0937. The van der Waals surface area contributed by atoms with E-state index >= 15 is 0 Å². The maximum Gasteiger partial charge on any atom is 0.255 e. The summed E-state index contributed by atoms with van der Waals surface area (Å²) in [5.74, 6) is -0.0153. The monoisotopic (exact) mass is 388 g/mol. The van der Waals surface area contributed by atoms with Crippen LogP contribution in [0.3, 0.4) is 0 Å². The van der Waals surface area contributed by atoms with Gasteiger partial charge in [-0.1, -0.05) is 15.9 Å². The Morgan fingerprint density at radius 2 is 2.00 bits per heavy atom. The van der Waals surface area contributed by atoms with E-state index in [2.05, 4.69) is 31.2 Å². The van der Waals surface area contributed by atoms with Crippen molar-refractivity contribution in [1.82, 2.24) is 20.0 Å². The zero-order valence-corrected chi connectivity index (χ0v) is 15.3. The molecule has 0 bridgehead atoms. The Kier molecular flexibility index (Phi) is 4.18. The second-order valence-electron chi connectivity index (χ2n) is 6.72. The summed E-state index contributed by atoms with van der Waals surface area (Å²) in [6.07, 6.45) is 5.35. The molecule has 0 spiro atoms. The summed E-state index contributed by atoms with van der Waals surface area (Å²) in [4.78, 5) is 15.1. The van der Waals surface area contributed by atoms with Crippen molar-refractivity contribution in [2.24, 2.45) is 0 Å². The maximum absolute atomic E-state index is 12.6. The van der Waals surface area contributed by atoms with E-state index in [4.69, 9.17) is 0 Å². The minimum atomic E-state index is -0.0153. The van der Waals surface area contributed by atoms with Gasteiger partial charge in [0.15, 0.2) is 0 Å². The zero-order valence-electron chi connectivity index (χ0n) is 13.7. The molecular formula is C18H21BrN4O. The number of aromatic nitrogens is 2. The highest BCUT2D eigenvalue weighted by Gasteiger charge is 2.35. The van der Waals surface area contributed by atoms with Crippen LogP contribution < -0.4 is 5.32 Å². The molecule has 2 fully saturated rings. The average molecular weight is 389 g/mol. The van der Waals surface area contributed by atoms with Gasteiger partial charge in [-0.05, 0) is 50.5 Å². The molecule has 2 aromatic rings. The molecule has 1 atom stereocenters. The number of halogens is 1. The molecule has 24 heavy (non-hydrogen) atoms. The number of hydrogen-bond acceptors (Lipinski definition) is 3. The molecule has 1 aromatic carbocycles. The van der Waals surface area contributed by atoms with Gasteiger partial charge in [0.2, 0.25) is 0 Å². The number of rotatable bonds is 4. The van der Waals surface area contributed by atoms with Gasteiger partial charge in [-0.2, -0.15) is 5.10 Å². The van der Waals surface area contributed by atoms with Crippen LogP contribution in [0.4, 0.5) is 0 Å². The highest BCUT2D eigenvalue weighted by atomic mass is 79.9. The van der Waals surface area contributed by atoms with Crippen LogP contribution in [0, 0.1) is 6.92 Å². The lowest BCUT2D eigenvalue weighted by Crippen LogP contribution is -2.37. The van der Waals surface area contributed by atoms with Gasteiger partial charge < -0.3 is 5.32 Å². The Labute approximate surface area is 150 Å². The first kappa shape index (κ1) is 15.8. The second kappa shape index (κ2) is 6.33. The fourth-order valence-electron chi connectivity index (χ4n) is 3.41. The van der Waals surface area contributed by atoms with Crippen molar-refractivity contribution in [3.8, 4) is 5.69 Å². The van der Waals surface area contributed by atoms with E-state index in [-0.39, 0.29) is 11.9 Å². The highest BCUT2D eigenvalue weighted by molar-refractivity contribution is 9.10. The quantitative estimate of drug-likeness (QED) is 0.875. The Bertz CT molecular complexity index is 751. The van der Waals surface area contributed by atoms with Gasteiger partial charge in [-0.3, -0.25) is 9.69 Å². The van der Waals surface area contributed by atoms with E-state index in [1.54, 1.807) is 6.20 Å². The molecule has 1 aliphatic heterocycles. The van der Waals surface area contributed by atoms with Crippen LogP contribution >= 0.6 is 15.9 Å². The molecule has 4 rings (SSSR count). The van der Waals surface area contributed by atoms with Gasteiger partial charge in [0, 0.05) is 29.6 Å². The SMILES string of the molecule is Cc1c(C(=O)NC2CCN(C3CC3)C2)cnn1-c1ccc(Br)cc1. The van der Waals surface area contributed by atoms with Crippen molar-refractivity contribution in [3.05, 3.63) is 46.2 Å². The normalized spacial score (nSPS) is 21.2. The van der Waals surface area contributed by atoms with Crippen LogP contribution in [0.1, 0.15) is 35.3 Å². The fraction of sp³-hybridized carbons (Fsp3) is 0.444. The summed E-state index contributed by atoms with van der Waals surface area (Å²) in [7, 11) is 0. The molecule has 1 saturated heterocycles. The van der Waals surface area contributed by atoms with Crippen molar-refractivity contribution in [1.29, 1.82) is 0 Å². The van der Waals surface area contributed by atoms with Crippen molar-refractivity contribution in [2.75, 3.05) is 13.1 Å². The number of likely N-dealkylation sites (tertiary alicyclic amines) is 1. The topological polar surface area (TPSA) is 50.2 Å². The molecule has 0 radical (unpaired) electrons. The third kappa shape index (κ3) is 3.13. The van der Waals surface area contributed by atoms with Crippen LogP contribution in [-0.4, -0.2) is 45.8 Å². The lowest BCUT2D eigenvalue weighted by Gasteiger charge is -2.15. The summed E-state index contributed by atoms with van der Waals surface area (Å²) in [5, 5.41) is 7.58. The van der Waals surface area contributed by atoms with Gasteiger partial charge in [0.1, 0.15) is 0 Å². The molecule has 1 N–H and O–H groups in total. The molecule has 6 heteroatoms. The third-order valence-corrected chi connectivity index (χ3v) is 5.47. The molecule has 5 nitrogen and oxygen atoms in total. The van der Waals surface area contributed by atoms with Crippen LogP contribution in [0.2, 0.25) is 0 Å². The van der Waals surface area contributed by atoms with Crippen LogP contribution in [0.15, 0.2) is 34.9 Å². The molecular weight excluding hydrogens is 368 g/mol. The second-order valence-corrected chi connectivity index (χ2v) is 7.63. The van der Waals surface area contributed by atoms with Gasteiger partial charge in [-0.15, -0.1) is 0 Å². The summed E-state index contributed by atoms with van der Waals surface area (Å²) in [6, 6.07) is 8.94.